The Kier molecular flexibility index (Phi) is 3.76. The third-order valence-electron chi connectivity index (χ3n) is 5.27. The van der Waals surface area contributed by atoms with E-state index in [1.807, 2.05) is 6.92 Å². The Bertz CT molecular complexity index is 860. The van der Waals surface area contributed by atoms with E-state index in [1.54, 1.807) is 0 Å². The molecule has 0 spiro atoms. The number of aryl methyl sites for hydroxylation is 2. The third kappa shape index (κ3) is 2.59. The zero-order chi connectivity index (χ0) is 17.7. The molecule has 25 heavy (non-hydrogen) atoms. The molecule has 2 unspecified atom stereocenters. The van der Waals surface area contributed by atoms with Gasteiger partial charge in [0.1, 0.15) is 11.6 Å². The summed E-state index contributed by atoms with van der Waals surface area (Å²) in [6.45, 7) is 2.49. The van der Waals surface area contributed by atoms with Crippen LogP contribution in [0.15, 0.2) is 12.1 Å². The first-order chi connectivity index (χ1) is 12.0. The van der Waals surface area contributed by atoms with Crippen molar-refractivity contribution in [3.8, 4) is 0 Å². The molecular weight excluding hydrogens is 321 g/mol. The molecule has 7 heteroatoms. The number of aromatic nitrogens is 2. The quantitative estimate of drug-likeness (QED) is 0.735. The van der Waals surface area contributed by atoms with Crippen molar-refractivity contribution in [2.75, 3.05) is 17.6 Å². The van der Waals surface area contributed by atoms with Gasteiger partial charge < -0.3 is 16.8 Å². The van der Waals surface area contributed by atoms with Crippen molar-refractivity contribution in [3.63, 3.8) is 0 Å². The largest absolute Gasteiger partial charge is 0.385 e. The number of halogens is 1. The van der Waals surface area contributed by atoms with Gasteiger partial charge in [-0.1, -0.05) is 0 Å². The van der Waals surface area contributed by atoms with Gasteiger partial charge in [0.25, 0.3) is 5.91 Å². The average molecular weight is 343 g/mol. The molecule has 5 N–H and O–H groups in total. The Balaban J connectivity index is 1.74. The molecule has 1 aromatic carbocycles. The maximum Gasteiger partial charge on any atom is 0.256 e. The van der Waals surface area contributed by atoms with Crippen molar-refractivity contribution in [3.05, 3.63) is 40.3 Å². The SMILES string of the molecule is Cc1cc(F)cc2c1NCCC2C(=O)n1nc2c(c1N)CC(N)CC2. The van der Waals surface area contributed by atoms with Gasteiger partial charge in [-0.25, -0.2) is 4.39 Å². The van der Waals surface area contributed by atoms with Crippen molar-refractivity contribution in [2.24, 2.45) is 5.73 Å². The Hall–Kier alpha value is -2.41. The van der Waals surface area contributed by atoms with E-state index < -0.39 is 5.92 Å². The second kappa shape index (κ2) is 5.84. The molecule has 132 valence electrons. The van der Waals surface area contributed by atoms with Crippen molar-refractivity contribution in [2.45, 2.75) is 44.6 Å². The molecule has 0 saturated carbocycles. The number of fused-ring (bicyclic) bond motifs is 2. The summed E-state index contributed by atoms with van der Waals surface area (Å²) >= 11 is 0. The summed E-state index contributed by atoms with van der Waals surface area (Å²) < 4.78 is 15.2. The number of hydrogen-bond donors (Lipinski definition) is 3. The maximum absolute atomic E-state index is 13.9. The van der Waals surface area contributed by atoms with Gasteiger partial charge in [-0.3, -0.25) is 4.79 Å². The fraction of sp³-hybridized carbons (Fsp3) is 0.444. The molecular formula is C18H22FN5O. The second-order valence-electron chi connectivity index (χ2n) is 7.02. The molecule has 2 aliphatic rings. The van der Waals surface area contributed by atoms with E-state index in [2.05, 4.69) is 10.4 Å². The van der Waals surface area contributed by atoms with E-state index >= 15 is 0 Å². The van der Waals surface area contributed by atoms with Crippen LogP contribution in [0.4, 0.5) is 15.9 Å². The van der Waals surface area contributed by atoms with Gasteiger partial charge in [-0.15, -0.1) is 0 Å². The highest BCUT2D eigenvalue weighted by molar-refractivity contribution is 5.90. The van der Waals surface area contributed by atoms with Crippen LogP contribution in [0.2, 0.25) is 0 Å². The van der Waals surface area contributed by atoms with Crippen LogP contribution in [-0.4, -0.2) is 28.3 Å². The first-order valence-corrected chi connectivity index (χ1v) is 8.65. The molecule has 1 aliphatic carbocycles. The van der Waals surface area contributed by atoms with Crippen LogP contribution >= 0.6 is 0 Å². The van der Waals surface area contributed by atoms with E-state index in [4.69, 9.17) is 11.5 Å². The van der Waals surface area contributed by atoms with Crippen LogP contribution in [0.1, 0.15) is 45.9 Å². The van der Waals surface area contributed by atoms with Crippen molar-refractivity contribution in [1.29, 1.82) is 0 Å². The number of rotatable bonds is 1. The molecule has 2 heterocycles. The van der Waals surface area contributed by atoms with Gasteiger partial charge in [0.05, 0.1) is 11.6 Å². The van der Waals surface area contributed by atoms with E-state index in [9.17, 15) is 9.18 Å². The zero-order valence-corrected chi connectivity index (χ0v) is 14.2. The molecule has 0 radical (unpaired) electrons. The van der Waals surface area contributed by atoms with E-state index in [1.165, 1.54) is 16.8 Å². The third-order valence-corrected chi connectivity index (χ3v) is 5.27. The van der Waals surface area contributed by atoms with Crippen LogP contribution in [-0.2, 0) is 12.8 Å². The number of carbonyl (C=O) groups excluding carboxylic acids is 1. The van der Waals surface area contributed by atoms with Crippen LogP contribution < -0.4 is 16.8 Å². The van der Waals surface area contributed by atoms with Gasteiger partial charge in [-0.2, -0.15) is 9.78 Å². The summed E-state index contributed by atoms with van der Waals surface area (Å²) in [6, 6.07) is 2.96. The molecule has 0 fully saturated rings. The Morgan fingerprint density at radius 3 is 3.00 bits per heavy atom. The van der Waals surface area contributed by atoms with Crippen LogP contribution in [0.5, 0.6) is 0 Å². The monoisotopic (exact) mass is 343 g/mol. The normalized spacial score (nSPS) is 22.0. The Labute approximate surface area is 145 Å². The molecule has 6 nitrogen and oxygen atoms in total. The number of anilines is 2. The van der Waals surface area contributed by atoms with Crippen LogP contribution in [0.3, 0.4) is 0 Å². The van der Waals surface area contributed by atoms with Crippen LogP contribution in [0.25, 0.3) is 0 Å². The van der Waals surface area contributed by atoms with Gasteiger partial charge in [0, 0.05) is 23.8 Å². The van der Waals surface area contributed by atoms with Gasteiger partial charge in [-0.05, 0) is 55.9 Å². The number of hydrogen-bond acceptors (Lipinski definition) is 5. The molecule has 1 aliphatic heterocycles. The Morgan fingerprint density at radius 2 is 2.20 bits per heavy atom. The van der Waals surface area contributed by atoms with E-state index in [0.717, 1.165) is 35.3 Å². The number of nitrogens with one attached hydrogen (secondary N) is 1. The highest BCUT2D eigenvalue weighted by Crippen LogP contribution is 2.36. The maximum atomic E-state index is 13.9. The first-order valence-electron chi connectivity index (χ1n) is 8.65. The standard InChI is InChI=1S/C18H22FN5O/c1-9-6-10(19)7-13-12(4-5-22-16(9)13)18(25)24-17(21)14-8-11(20)2-3-15(14)23-24/h6-7,11-12,22H,2-5,8,20-21H2,1H3. The minimum Gasteiger partial charge on any atom is -0.385 e. The highest BCUT2D eigenvalue weighted by atomic mass is 19.1. The van der Waals surface area contributed by atoms with Crippen LogP contribution in [0, 0.1) is 12.7 Å². The summed E-state index contributed by atoms with van der Waals surface area (Å²) in [5.41, 5.74) is 16.3. The molecule has 0 bridgehead atoms. The number of nitrogens with two attached hydrogens (primary N) is 2. The molecule has 0 saturated heterocycles. The lowest BCUT2D eigenvalue weighted by atomic mass is 9.88. The second-order valence-corrected chi connectivity index (χ2v) is 7.02. The lowest BCUT2D eigenvalue weighted by Crippen LogP contribution is -2.29. The summed E-state index contributed by atoms with van der Waals surface area (Å²) in [5.74, 6) is -0.615. The molecule has 2 aromatic rings. The van der Waals surface area contributed by atoms with Crippen molar-refractivity contribution in [1.82, 2.24) is 9.78 Å². The molecule has 0 amide bonds. The minimum absolute atomic E-state index is 0.0545. The number of carbonyl (C=O) groups is 1. The minimum atomic E-state index is -0.456. The topological polar surface area (TPSA) is 99.0 Å². The van der Waals surface area contributed by atoms with Gasteiger partial charge in [0.2, 0.25) is 0 Å². The first kappa shape index (κ1) is 16.1. The number of nitrogen functional groups attached to an aromatic ring is 1. The predicted molar refractivity (Wildman–Crippen MR) is 94.3 cm³/mol. The fourth-order valence-electron chi connectivity index (χ4n) is 3.97. The molecule has 1 aromatic heterocycles. The fourth-order valence-corrected chi connectivity index (χ4v) is 3.97. The smallest absolute Gasteiger partial charge is 0.256 e. The van der Waals surface area contributed by atoms with E-state index in [0.29, 0.717) is 30.8 Å². The Morgan fingerprint density at radius 1 is 1.40 bits per heavy atom. The lowest BCUT2D eigenvalue weighted by molar-refractivity contribution is 0.0859. The summed E-state index contributed by atoms with van der Waals surface area (Å²) in [6.07, 6.45) is 2.80. The summed E-state index contributed by atoms with van der Waals surface area (Å²) in [4.78, 5) is 13.1. The highest BCUT2D eigenvalue weighted by Gasteiger charge is 2.33. The number of benzene rings is 1. The predicted octanol–water partition coefficient (Wildman–Crippen LogP) is 1.97. The van der Waals surface area contributed by atoms with Gasteiger partial charge >= 0.3 is 0 Å². The zero-order valence-electron chi connectivity index (χ0n) is 14.2. The summed E-state index contributed by atoms with van der Waals surface area (Å²) in [7, 11) is 0. The lowest BCUT2D eigenvalue weighted by Gasteiger charge is -2.27. The number of nitrogens with zero attached hydrogens (tertiary/aromatic N) is 2. The van der Waals surface area contributed by atoms with Crippen molar-refractivity contribution < 1.29 is 9.18 Å². The molecule has 4 rings (SSSR count). The van der Waals surface area contributed by atoms with Gasteiger partial charge in [0.15, 0.2) is 0 Å². The van der Waals surface area contributed by atoms with Crippen molar-refractivity contribution >= 4 is 17.4 Å². The average Bonchev–Trinajstić information content (AvgIpc) is 2.90. The van der Waals surface area contributed by atoms with E-state index in [-0.39, 0.29) is 17.8 Å². The molecule has 2 atom stereocenters. The summed E-state index contributed by atoms with van der Waals surface area (Å²) in [5, 5.41) is 7.72.